The number of nitrogens with one attached hydrogen (secondary N) is 1. The van der Waals surface area contributed by atoms with Gasteiger partial charge in [-0.3, -0.25) is 0 Å². The van der Waals surface area contributed by atoms with Crippen LogP contribution in [0.2, 0.25) is 0 Å². The van der Waals surface area contributed by atoms with Gasteiger partial charge in [-0.05, 0) is 68.3 Å². The van der Waals surface area contributed by atoms with Gasteiger partial charge in [0.05, 0.1) is 7.11 Å². The molecule has 2 nitrogen and oxygen atoms in total. The summed E-state index contributed by atoms with van der Waals surface area (Å²) in [6.45, 7) is 11.3. The quantitative estimate of drug-likeness (QED) is 0.677. The molecule has 0 amide bonds. The summed E-state index contributed by atoms with van der Waals surface area (Å²) in [6.07, 6.45) is 4.83. The zero-order valence-corrected chi connectivity index (χ0v) is 13.9. The second kappa shape index (κ2) is 8.31. The zero-order valence-electron chi connectivity index (χ0n) is 13.9. The Morgan fingerprint density at radius 1 is 1.15 bits per heavy atom. The van der Waals surface area contributed by atoms with Crippen molar-refractivity contribution >= 4 is 0 Å². The number of ether oxygens (including phenoxy) is 1. The maximum absolute atomic E-state index is 5.31. The Balaban J connectivity index is 2.42. The van der Waals surface area contributed by atoms with E-state index in [9.17, 15) is 0 Å². The Hall–Kier alpha value is -1.02. The van der Waals surface area contributed by atoms with Crippen molar-refractivity contribution in [2.75, 3.05) is 20.2 Å². The van der Waals surface area contributed by atoms with Crippen molar-refractivity contribution in [1.29, 1.82) is 0 Å². The van der Waals surface area contributed by atoms with E-state index in [-0.39, 0.29) is 0 Å². The van der Waals surface area contributed by atoms with Gasteiger partial charge in [-0.25, -0.2) is 0 Å². The van der Waals surface area contributed by atoms with Crippen molar-refractivity contribution in [1.82, 2.24) is 5.32 Å². The molecular weight excluding hydrogens is 246 g/mol. The SMILES string of the molecule is CCCNCCC(C)(C)CCc1ccc(OC)c(C)c1. The normalized spacial score (nSPS) is 11.7. The van der Waals surface area contributed by atoms with Crippen LogP contribution < -0.4 is 10.1 Å². The second-order valence-corrected chi connectivity index (χ2v) is 6.47. The van der Waals surface area contributed by atoms with Gasteiger partial charge >= 0.3 is 0 Å². The lowest BCUT2D eigenvalue weighted by atomic mass is 9.83. The highest BCUT2D eigenvalue weighted by Crippen LogP contribution is 2.27. The van der Waals surface area contributed by atoms with Gasteiger partial charge in [0.15, 0.2) is 0 Å². The van der Waals surface area contributed by atoms with Gasteiger partial charge in [-0.1, -0.05) is 32.9 Å². The summed E-state index contributed by atoms with van der Waals surface area (Å²) in [6, 6.07) is 6.53. The molecule has 0 aliphatic heterocycles. The molecule has 20 heavy (non-hydrogen) atoms. The Morgan fingerprint density at radius 3 is 2.50 bits per heavy atom. The summed E-state index contributed by atoms with van der Waals surface area (Å²) in [5.41, 5.74) is 3.04. The molecule has 0 fully saturated rings. The molecule has 1 N–H and O–H groups in total. The summed E-state index contributed by atoms with van der Waals surface area (Å²) in [5, 5.41) is 3.50. The van der Waals surface area contributed by atoms with Crippen molar-refractivity contribution in [3.8, 4) is 5.75 Å². The largest absolute Gasteiger partial charge is 0.496 e. The Morgan fingerprint density at radius 2 is 1.90 bits per heavy atom. The highest BCUT2D eigenvalue weighted by Gasteiger charge is 2.17. The first-order valence-corrected chi connectivity index (χ1v) is 7.83. The minimum atomic E-state index is 0.397. The topological polar surface area (TPSA) is 21.3 Å². The molecule has 0 aliphatic rings. The van der Waals surface area contributed by atoms with E-state index < -0.39 is 0 Å². The van der Waals surface area contributed by atoms with Crippen LogP contribution in [-0.2, 0) is 6.42 Å². The van der Waals surface area contributed by atoms with Gasteiger partial charge in [-0.15, -0.1) is 0 Å². The zero-order chi connectivity index (χ0) is 15.0. The van der Waals surface area contributed by atoms with Gasteiger partial charge in [0.1, 0.15) is 5.75 Å². The van der Waals surface area contributed by atoms with Crippen molar-refractivity contribution in [3.05, 3.63) is 29.3 Å². The standard InChI is InChI=1S/C18H31NO/c1-6-12-19-13-11-18(3,4)10-9-16-7-8-17(20-5)15(2)14-16/h7-8,14,19H,6,9-13H2,1-5H3. The minimum Gasteiger partial charge on any atom is -0.496 e. The van der Waals surface area contributed by atoms with Crippen molar-refractivity contribution < 1.29 is 4.74 Å². The third-order valence-electron chi connectivity index (χ3n) is 3.96. The molecule has 0 spiro atoms. The van der Waals surface area contributed by atoms with Crippen LogP contribution in [0, 0.1) is 12.3 Å². The number of benzene rings is 1. The molecule has 0 unspecified atom stereocenters. The number of aryl methyl sites for hydroxylation is 2. The van der Waals surface area contributed by atoms with Crippen LogP contribution >= 0.6 is 0 Å². The van der Waals surface area contributed by atoms with E-state index in [1.807, 2.05) is 0 Å². The van der Waals surface area contributed by atoms with Gasteiger partial charge in [0.2, 0.25) is 0 Å². The highest BCUT2D eigenvalue weighted by molar-refractivity contribution is 5.36. The van der Waals surface area contributed by atoms with Crippen molar-refractivity contribution in [2.45, 2.75) is 53.4 Å². The van der Waals surface area contributed by atoms with Gasteiger partial charge < -0.3 is 10.1 Å². The summed E-state index contributed by atoms with van der Waals surface area (Å²) < 4.78 is 5.31. The van der Waals surface area contributed by atoms with E-state index in [4.69, 9.17) is 4.74 Å². The molecule has 1 aromatic rings. The van der Waals surface area contributed by atoms with E-state index in [2.05, 4.69) is 51.2 Å². The number of rotatable bonds is 9. The van der Waals surface area contributed by atoms with E-state index in [1.165, 1.54) is 30.4 Å². The smallest absolute Gasteiger partial charge is 0.121 e. The Labute approximate surface area is 124 Å². The average molecular weight is 277 g/mol. The van der Waals surface area contributed by atoms with Crippen LogP contribution in [0.25, 0.3) is 0 Å². The summed E-state index contributed by atoms with van der Waals surface area (Å²) in [5.74, 6) is 0.983. The molecule has 1 rings (SSSR count). The predicted octanol–water partition coefficient (Wildman–Crippen LogP) is 4.35. The molecule has 0 saturated heterocycles. The fraction of sp³-hybridized carbons (Fsp3) is 0.667. The van der Waals surface area contributed by atoms with E-state index in [0.29, 0.717) is 5.41 Å². The molecule has 0 saturated carbocycles. The first kappa shape index (κ1) is 17.0. The minimum absolute atomic E-state index is 0.397. The lowest BCUT2D eigenvalue weighted by Crippen LogP contribution is -2.23. The fourth-order valence-corrected chi connectivity index (χ4v) is 2.43. The van der Waals surface area contributed by atoms with E-state index in [1.54, 1.807) is 7.11 Å². The molecule has 0 aliphatic carbocycles. The molecule has 2 heteroatoms. The summed E-state index contributed by atoms with van der Waals surface area (Å²) in [4.78, 5) is 0. The van der Waals surface area contributed by atoms with Crippen LogP contribution in [0.3, 0.4) is 0 Å². The molecule has 0 atom stereocenters. The highest BCUT2D eigenvalue weighted by atomic mass is 16.5. The molecule has 0 bridgehead atoms. The predicted molar refractivity (Wildman–Crippen MR) is 87.6 cm³/mol. The summed E-state index contributed by atoms with van der Waals surface area (Å²) in [7, 11) is 1.73. The number of hydrogen-bond donors (Lipinski definition) is 1. The van der Waals surface area contributed by atoms with Crippen LogP contribution in [0.4, 0.5) is 0 Å². The fourth-order valence-electron chi connectivity index (χ4n) is 2.43. The van der Waals surface area contributed by atoms with Crippen LogP contribution in [0.15, 0.2) is 18.2 Å². The Bertz CT molecular complexity index is 398. The maximum Gasteiger partial charge on any atom is 0.121 e. The third kappa shape index (κ3) is 5.96. The molecule has 0 heterocycles. The van der Waals surface area contributed by atoms with Crippen LogP contribution in [0.1, 0.15) is 51.2 Å². The lowest BCUT2D eigenvalue weighted by Gasteiger charge is -2.25. The maximum atomic E-state index is 5.31. The van der Waals surface area contributed by atoms with Gasteiger partial charge in [0, 0.05) is 0 Å². The molecular formula is C18H31NO. The van der Waals surface area contributed by atoms with E-state index >= 15 is 0 Å². The lowest BCUT2D eigenvalue weighted by molar-refractivity contribution is 0.302. The molecule has 1 aromatic carbocycles. The molecule has 0 radical (unpaired) electrons. The van der Waals surface area contributed by atoms with Gasteiger partial charge in [-0.2, -0.15) is 0 Å². The molecule has 0 aromatic heterocycles. The van der Waals surface area contributed by atoms with E-state index in [0.717, 1.165) is 25.3 Å². The first-order valence-electron chi connectivity index (χ1n) is 7.83. The van der Waals surface area contributed by atoms with Crippen molar-refractivity contribution in [3.63, 3.8) is 0 Å². The van der Waals surface area contributed by atoms with Crippen LogP contribution in [0.5, 0.6) is 5.75 Å². The second-order valence-electron chi connectivity index (χ2n) is 6.47. The third-order valence-corrected chi connectivity index (χ3v) is 3.96. The monoisotopic (exact) mass is 277 g/mol. The number of methoxy groups -OCH3 is 1. The average Bonchev–Trinajstić information content (AvgIpc) is 2.42. The Kier molecular flexibility index (Phi) is 7.08. The molecule has 114 valence electrons. The number of hydrogen-bond acceptors (Lipinski definition) is 2. The van der Waals surface area contributed by atoms with Gasteiger partial charge in [0.25, 0.3) is 0 Å². The van der Waals surface area contributed by atoms with Crippen molar-refractivity contribution in [2.24, 2.45) is 5.41 Å². The van der Waals surface area contributed by atoms with Crippen LogP contribution in [-0.4, -0.2) is 20.2 Å². The summed E-state index contributed by atoms with van der Waals surface area (Å²) >= 11 is 0. The first-order chi connectivity index (χ1) is 9.48.